The van der Waals surface area contributed by atoms with E-state index < -0.39 is 0 Å². The van der Waals surface area contributed by atoms with Gasteiger partial charge in [-0.2, -0.15) is 0 Å². The summed E-state index contributed by atoms with van der Waals surface area (Å²) in [6.07, 6.45) is 0.316. The van der Waals surface area contributed by atoms with E-state index in [1.807, 2.05) is 0 Å². The maximum Gasteiger partial charge on any atom is 0.256 e. The van der Waals surface area contributed by atoms with Gasteiger partial charge in [0, 0.05) is 0 Å². The van der Waals surface area contributed by atoms with Crippen LogP contribution in [0.3, 0.4) is 0 Å². The molecular weight excluding hydrogens is 150 g/mol. The first kappa shape index (κ1) is 7.47. The molecule has 0 aromatic rings. The lowest BCUT2D eigenvalue weighted by Crippen LogP contribution is -1.97. The van der Waals surface area contributed by atoms with Crippen LogP contribution in [0.2, 0.25) is 0 Å². The number of nitrogens with zero attached hydrogens (tertiary/aromatic N) is 1. The zero-order valence-corrected chi connectivity index (χ0v) is 6.40. The van der Waals surface area contributed by atoms with E-state index in [2.05, 4.69) is 4.99 Å². The van der Waals surface area contributed by atoms with Crippen LogP contribution in [0.1, 0.15) is 13.3 Å². The Kier molecular flexibility index (Phi) is 2.21. The smallest absolute Gasteiger partial charge is 0.256 e. The fourth-order valence-electron chi connectivity index (χ4n) is 0.652. The summed E-state index contributed by atoms with van der Waals surface area (Å²) in [5.74, 6) is 0.338. The SMILES string of the molecule is CC(=O)CC1=NC(=O)CS1. The molecule has 1 rings (SSSR count). The number of carbonyl (C=O) groups excluding carboxylic acids is 2. The molecule has 0 aromatic carbocycles. The van der Waals surface area contributed by atoms with E-state index in [1.165, 1.54) is 18.7 Å². The molecule has 1 aliphatic heterocycles. The maximum atomic E-state index is 10.5. The lowest BCUT2D eigenvalue weighted by atomic mass is 10.3. The van der Waals surface area contributed by atoms with E-state index in [1.54, 1.807) is 0 Å². The number of aliphatic imine (C=N–C) groups is 1. The van der Waals surface area contributed by atoms with Crippen molar-refractivity contribution in [2.24, 2.45) is 4.99 Å². The van der Waals surface area contributed by atoms with E-state index in [-0.39, 0.29) is 11.7 Å². The predicted molar refractivity (Wildman–Crippen MR) is 40.2 cm³/mol. The van der Waals surface area contributed by atoms with Crippen LogP contribution in [0, 0.1) is 0 Å². The highest BCUT2D eigenvalue weighted by atomic mass is 32.2. The Labute approximate surface area is 62.9 Å². The molecule has 3 nitrogen and oxygen atoms in total. The van der Waals surface area contributed by atoms with E-state index in [9.17, 15) is 9.59 Å². The van der Waals surface area contributed by atoms with Crippen LogP contribution in [0.4, 0.5) is 0 Å². The van der Waals surface area contributed by atoms with Crippen molar-refractivity contribution >= 4 is 28.5 Å². The van der Waals surface area contributed by atoms with Crippen molar-refractivity contribution in [1.82, 2.24) is 0 Å². The van der Waals surface area contributed by atoms with Gasteiger partial charge in [-0.3, -0.25) is 9.59 Å². The summed E-state index contributed by atoms with van der Waals surface area (Å²) in [5, 5.41) is 0.664. The second-order valence-electron chi connectivity index (χ2n) is 2.07. The molecule has 0 unspecified atom stereocenters. The van der Waals surface area contributed by atoms with Crippen molar-refractivity contribution in [2.45, 2.75) is 13.3 Å². The highest BCUT2D eigenvalue weighted by Gasteiger charge is 2.15. The average molecular weight is 157 g/mol. The van der Waals surface area contributed by atoms with Gasteiger partial charge in [-0.15, -0.1) is 11.8 Å². The first-order valence-corrected chi connectivity index (χ1v) is 3.89. The topological polar surface area (TPSA) is 46.5 Å². The lowest BCUT2D eigenvalue weighted by Gasteiger charge is -1.89. The summed E-state index contributed by atoms with van der Waals surface area (Å²) in [7, 11) is 0. The molecular formula is C6H7NO2S. The number of rotatable bonds is 2. The lowest BCUT2D eigenvalue weighted by molar-refractivity contribution is -0.116. The Hall–Kier alpha value is -0.640. The molecule has 0 aliphatic carbocycles. The van der Waals surface area contributed by atoms with Crippen molar-refractivity contribution in [3.05, 3.63) is 0 Å². The molecule has 4 heteroatoms. The molecule has 1 amide bonds. The minimum Gasteiger partial charge on any atom is -0.300 e. The fourth-order valence-corrected chi connectivity index (χ4v) is 1.48. The van der Waals surface area contributed by atoms with Crippen LogP contribution in [-0.2, 0) is 9.59 Å². The Bertz CT molecular complexity index is 210. The molecule has 10 heavy (non-hydrogen) atoms. The van der Waals surface area contributed by atoms with Gasteiger partial charge < -0.3 is 0 Å². The summed E-state index contributed by atoms with van der Waals surface area (Å²) < 4.78 is 0. The Morgan fingerprint density at radius 2 is 2.50 bits per heavy atom. The van der Waals surface area contributed by atoms with Crippen molar-refractivity contribution in [3.8, 4) is 0 Å². The third kappa shape index (κ3) is 1.95. The molecule has 0 saturated heterocycles. The maximum absolute atomic E-state index is 10.5. The van der Waals surface area contributed by atoms with Gasteiger partial charge in [-0.25, -0.2) is 4.99 Å². The van der Waals surface area contributed by atoms with Gasteiger partial charge in [0.25, 0.3) is 5.91 Å². The molecule has 0 fully saturated rings. The Balaban J connectivity index is 2.50. The van der Waals surface area contributed by atoms with Gasteiger partial charge in [0.2, 0.25) is 0 Å². The molecule has 1 heterocycles. The van der Waals surface area contributed by atoms with E-state index in [0.717, 1.165) is 0 Å². The summed E-state index contributed by atoms with van der Waals surface area (Å²) in [6, 6.07) is 0. The standard InChI is InChI=1S/C6H7NO2S/c1-4(8)2-6-7-5(9)3-10-6/h2-3H2,1H3. The van der Waals surface area contributed by atoms with Gasteiger partial charge in [0.1, 0.15) is 5.78 Å². The van der Waals surface area contributed by atoms with Crippen molar-refractivity contribution in [3.63, 3.8) is 0 Å². The third-order valence-electron chi connectivity index (χ3n) is 1.01. The van der Waals surface area contributed by atoms with Crippen molar-refractivity contribution < 1.29 is 9.59 Å². The van der Waals surface area contributed by atoms with Crippen LogP contribution in [-0.4, -0.2) is 22.5 Å². The summed E-state index contributed by atoms with van der Waals surface area (Å²) in [4.78, 5) is 24.7. The van der Waals surface area contributed by atoms with Crippen LogP contribution >= 0.6 is 11.8 Å². The van der Waals surface area contributed by atoms with E-state index in [4.69, 9.17) is 0 Å². The van der Waals surface area contributed by atoms with Crippen LogP contribution in [0.15, 0.2) is 4.99 Å². The van der Waals surface area contributed by atoms with Crippen molar-refractivity contribution in [1.29, 1.82) is 0 Å². The number of Topliss-reactive ketones (excluding diaryl/α,β-unsaturated/α-hetero) is 1. The summed E-state index contributed by atoms with van der Waals surface area (Å²) >= 11 is 1.36. The Morgan fingerprint density at radius 3 is 2.90 bits per heavy atom. The third-order valence-corrected chi connectivity index (χ3v) is 1.97. The Morgan fingerprint density at radius 1 is 1.80 bits per heavy atom. The van der Waals surface area contributed by atoms with Gasteiger partial charge in [-0.05, 0) is 6.92 Å². The van der Waals surface area contributed by atoms with E-state index in [0.29, 0.717) is 17.2 Å². The largest absolute Gasteiger partial charge is 0.300 e. The molecule has 0 saturated carbocycles. The number of hydrogen-bond donors (Lipinski definition) is 0. The van der Waals surface area contributed by atoms with Gasteiger partial charge in [0.05, 0.1) is 17.2 Å². The molecule has 0 radical (unpaired) electrons. The zero-order valence-electron chi connectivity index (χ0n) is 5.59. The van der Waals surface area contributed by atoms with Crippen LogP contribution in [0.25, 0.3) is 0 Å². The second-order valence-corrected chi connectivity index (χ2v) is 3.12. The molecule has 0 bridgehead atoms. The number of thioether (sulfide) groups is 1. The van der Waals surface area contributed by atoms with Gasteiger partial charge >= 0.3 is 0 Å². The molecule has 1 aliphatic rings. The summed E-state index contributed by atoms with van der Waals surface area (Å²) in [6.45, 7) is 1.49. The highest BCUT2D eigenvalue weighted by Crippen LogP contribution is 2.15. The molecule has 0 spiro atoms. The first-order chi connectivity index (χ1) is 4.68. The average Bonchev–Trinajstić information content (AvgIpc) is 2.13. The number of ketones is 1. The monoisotopic (exact) mass is 157 g/mol. The summed E-state index contributed by atoms with van der Waals surface area (Å²) in [5.41, 5.74) is 0. The number of carbonyl (C=O) groups is 2. The van der Waals surface area contributed by atoms with Gasteiger partial charge in [-0.1, -0.05) is 0 Å². The van der Waals surface area contributed by atoms with Crippen LogP contribution in [0.5, 0.6) is 0 Å². The predicted octanol–water partition coefficient (Wildman–Crippen LogP) is 0.637. The molecule has 0 N–H and O–H groups in total. The molecule has 54 valence electrons. The highest BCUT2D eigenvalue weighted by molar-refractivity contribution is 8.15. The quantitative estimate of drug-likeness (QED) is 0.590. The van der Waals surface area contributed by atoms with E-state index >= 15 is 0 Å². The fraction of sp³-hybridized carbons (Fsp3) is 0.500. The normalized spacial score (nSPS) is 17.3. The minimum atomic E-state index is -0.124. The number of amides is 1. The molecule has 0 atom stereocenters. The zero-order chi connectivity index (χ0) is 7.56. The van der Waals surface area contributed by atoms with Crippen molar-refractivity contribution in [2.75, 3.05) is 5.75 Å². The minimum absolute atomic E-state index is 0.0564. The molecule has 0 aromatic heterocycles. The van der Waals surface area contributed by atoms with Gasteiger partial charge in [0.15, 0.2) is 0 Å². The number of hydrogen-bond acceptors (Lipinski definition) is 3. The van der Waals surface area contributed by atoms with Crippen LogP contribution < -0.4 is 0 Å². The second kappa shape index (κ2) is 2.96. The first-order valence-electron chi connectivity index (χ1n) is 2.91.